The van der Waals surface area contributed by atoms with Crippen molar-refractivity contribution >= 4 is 5.91 Å². The highest BCUT2D eigenvalue weighted by atomic mass is 16.5. The molecule has 1 aromatic rings. The Morgan fingerprint density at radius 1 is 1.44 bits per heavy atom. The van der Waals surface area contributed by atoms with Gasteiger partial charge in [0, 0.05) is 0 Å². The van der Waals surface area contributed by atoms with Gasteiger partial charge in [0.05, 0.1) is 25.2 Å². The summed E-state index contributed by atoms with van der Waals surface area (Å²) in [5.41, 5.74) is 0.728. The van der Waals surface area contributed by atoms with Crippen LogP contribution in [0.4, 0.5) is 0 Å². The molecule has 0 atom stereocenters. The van der Waals surface area contributed by atoms with Crippen LogP contribution in [0, 0.1) is 6.92 Å². The maximum atomic E-state index is 11.6. The van der Waals surface area contributed by atoms with Crippen LogP contribution in [-0.2, 0) is 4.79 Å². The van der Waals surface area contributed by atoms with Gasteiger partial charge in [-0.25, -0.2) is 0 Å². The first-order valence-corrected chi connectivity index (χ1v) is 6.25. The minimum Gasteiger partial charge on any atom is -0.493 e. The van der Waals surface area contributed by atoms with Crippen molar-refractivity contribution in [3.05, 3.63) is 29.8 Å². The maximum Gasteiger partial charge on any atom is 0.223 e. The maximum absolute atomic E-state index is 11.6. The summed E-state index contributed by atoms with van der Waals surface area (Å²) in [6.45, 7) is 2.36. The van der Waals surface area contributed by atoms with Crippen molar-refractivity contribution < 1.29 is 14.6 Å². The number of rotatable bonds is 6. The summed E-state index contributed by atoms with van der Waals surface area (Å²) in [7, 11) is 0. The quantitative estimate of drug-likeness (QED) is 0.801. The second-order valence-electron chi connectivity index (χ2n) is 4.85. The van der Waals surface area contributed by atoms with Gasteiger partial charge < -0.3 is 15.2 Å². The molecule has 0 aromatic heterocycles. The number of carbonyl (C=O) groups excluding carboxylic acids is 1. The first-order chi connectivity index (χ1) is 8.65. The van der Waals surface area contributed by atoms with E-state index >= 15 is 0 Å². The molecular formula is C14H19NO3. The highest BCUT2D eigenvalue weighted by Gasteiger charge is 2.43. The number of hydrogen-bond acceptors (Lipinski definition) is 3. The number of amides is 1. The van der Waals surface area contributed by atoms with E-state index in [0.717, 1.165) is 24.2 Å². The van der Waals surface area contributed by atoms with Crippen molar-refractivity contribution in [1.29, 1.82) is 0 Å². The molecule has 0 bridgehead atoms. The molecule has 1 fully saturated rings. The van der Waals surface area contributed by atoms with Gasteiger partial charge in [-0.3, -0.25) is 4.79 Å². The standard InChI is InChI=1S/C14H19NO3/c1-11-4-2-3-5-12(11)18-9-6-13(17)15-14(10-16)7-8-14/h2-5,16H,6-10H2,1H3,(H,15,17). The smallest absolute Gasteiger partial charge is 0.223 e. The Morgan fingerprint density at radius 2 is 2.17 bits per heavy atom. The van der Waals surface area contributed by atoms with Crippen LogP contribution >= 0.6 is 0 Å². The van der Waals surface area contributed by atoms with Crippen molar-refractivity contribution in [1.82, 2.24) is 5.32 Å². The summed E-state index contributed by atoms with van der Waals surface area (Å²) in [5.74, 6) is 0.753. The molecule has 1 aliphatic carbocycles. The van der Waals surface area contributed by atoms with Crippen LogP contribution in [0.15, 0.2) is 24.3 Å². The van der Waals surface area contributed by atoms with Crippen LogP contribution in [0.25, 0.3) is 0 Å². The van der Waals surface area contributed by atoms with E-state index < -0.39 is 0 Å². The third-order valence-electron chi connectivity index (χ3n) is 3.24. The van der Waals surface area contributed by atoms with Crippen LogP contribution in [-0.4, -0.2) is 29.8 Å². The summed E-state index contributed by atoms with van der Waals surface area (Å²) < 4.78 is 5.55. The van der Waals surface area contributed by atoms with Crippen molar-refractivity contribution in [3.63, 3.8) is 0 Å². The summed E-state index contributed by atoms with van der Waals surface area (Å²) in [4.78, 5) is 11.6. The number of hydrogen-bond donors (Lipinski definition) is 2. The zero-order chi connectivity index (χ0) is 13.0. The average molecular weight is 249 g/mol. The zero-order valence-electron chi connectivity index (χ0n) is 10.6. The Hall–Kier alpha value is -1.55. The number of benzene rings is 1. The molecule has 4 nitrogen and oxygen atoms in total. The van der Waals surface area contributed by atoms with E-state index in [2.05, 4.69) is 5.32 Å². The molecule has 18 heavy (non-hydrogen) atoms. The van der Waals surface area contributed by atoms with E-state index in [4.69, 9.17) is 9.84 Å². The first-order valence-electron chi connectivity index (χ1n) is 6.25. The number of carbonyl (C=O) groups is 1. The molecule has 0 saturated heterocycles. The highest BCUT2D eigenvalue weighted by molar-refractivity contribution is 5.77. The molecule has 4 heteroatoms. The molecule has 0 unspecified atom stereocenters. The fraction of sp³-hybridized carbons (Fsp3) is 0.500. The van der Waals surface area contributed by atoms with Crippen LogP contribution in [0.5, 0.6) is 5.75 Å². The molecule has 0 aliphatic heterocycles. The Bertz CT molecular complexity index is 427. The summed E-state index contributed by atoms with van der Waals surface area (Å²) in [6.07, 6.45) is 2.05. The lowest BCUT2D eigenvalue weighted by Gasteiger charge is -2.14. The number of aryl methyl sites for hydroxylation is 1. The Labute approximate surface area is 107 Å². The average Bonchev–Trinajstić information content (AvgIpc) is 3.12. The number of aliphatic hydroxyl groups is 1. The topological polar surface area (TPSA) is 58.6 Å². The van der Waals surface area contributed by atoms with Crippen molar-refractivity contribution in [2.75, 3.05) is 13.2 Å². The second-order valence-corrected chi connectivity index (χ2v) is 4.85. The predicted molar refractivity (Wildman–Crippen MR) is 68.5 cm³/mol. The molecule has 2 rings (SSSR count). The second kappa shape index (κ2) is 5.40. The molecule has 98 valence electrons. The molecule has 0 radical (unpaired) electrons. The van der Waals surface area contributed by atoms with Gasteiger partial charge in [0.1, 0.15) is 5.75 Å². The molecule has 2 N–H and O–H groups in total. The zero-order valence-corrected chi connectivity index (χ0v) is 10.6. The number of para-hydroxylation sites is 1. The summed E-state index contributed by atoms with van der Waals surface area (Å²) in [5, 5.41) is 11.9. The van der Waals surface area contributed by atoms with Crippen molar-refractivity contribution in [2.45, 2.75) is 31.7 Å². The van der Waals surface area contributed by atoms with Gasteiger partial charge in [-0.1, -0.05) is 18.2 Å². The number of ether oxygens (including phenoxy) is 1. The van der Waals surface area contributed by atoms with Crippen molar-refractivity contribution in [2.24, 2.45) is 0 Å². The van der Waals surface area contributed by atoms with E-state index in [1.807, 2.05) is 31.2 Å². The van der Waals surface area contributed by atoms with Gasteiger partial charge in [0.25, 0.3) is 0 Å². The van der Waals surface area contributed by atoms with Crippen LogP contribution in [0.1, 0.15) is 24.8 Å². The summed E-state index contributed by atoms with van der Waals surface area (Å²) >= 11 is 0. The van der Waals surface area contributed by atoms with E-state index in [1.54, 1.807) is 0 Å². The highest BCUT2D eigenvalue weighted by Crippen LogP contribution is 2.34. The normalized spacial score (nSPS) is 16.1. The largest absolute Gasteiger partial charge is 0.493 e. The predicted octanol–water partition coefficient (Wildman–Crippen LogP) is 1.41. The third-order valence-corrected chi connectivity index (χ3v) is 3.24. The van der Waals surface area contributed by atoms with Gasteiger partial charge in [-0.15, -0.1) is 0 Å². The fourth-order valence-electron chi connectivity index (χ4n) is 1.80. The van der Waals surface area contributed by atoms with E-state index in [1.165, 1.54) is 0 Å². The molecule has 1 aromatic carbocycles. The molecular weight excluding hydrogens is 230 g/mol. The molecule has 0 heterocycles. The summed E-state index contributed by atoms with van der Waals surface area (Å²) in [6, 6.07) is 7.73. The fourth-order valence-corrected chi connectivity index (χ4v) is 1.80. The molecule has 1 aliphatic rings. The lowest BCUT2D eigenvalue weighted by Crippen LogP contribution is -2.40. The Kier molecular flexibility index (Phi) is 3.87. The lowest BCUT2D eigenvalue weighted by atomic mass is 10.2. The van der Waals surface area contributed by atoms with E-state index in [9.17, 15) is 4.79 Å². The lowest BCUT2D eigenvalue weighted by molar-refractivity contribution is -0.122. The van der Waals surface area contributed by atoms with Gasteiger partial charge in [-0.2, -0.15) is 0 Å². The Balaban J connectivity index is 1.72. The van der Waals surface area contributed by atoms with Gasteiger partial charge in [0.2, 0.25) is 5.91 Å². The number of nitrogens with one attached hydrogen (secondary N) is 1. The SMILES string of the molecule is Cc1ccccc1OCCC(=O)NC1(CO)CC1. The van der Waals surface area contributed by atoms with Crippen LogP contribution < -0.4 is 10.1 Å². The molecule has 1 amide bonds. The van der Waals surface area contributed by atoms with Gasteiger partial charge in [-0.05, 0) is 31.4 Å². The van der Waals surface area contributed by atoms with E-state index in [0.29, 0.717) is 13.0 Å². The molecule has 1 saturated carbocycles. The van der Waals surface area contributed by atoms with Crippen molar-refractivity contribution in [3.8, 4) is 5.75 Å². The Morgan fingerprint density at radius 3 is 2.78 bits per heavy atom. The monoisotopic (exact) mass is 249 g/mol. The first kappa shape index (κ1) is 12.9. The van der Waals surface area contributed by atoms with Gasteiger partial charge >= 0.3 is 0 Å². The van der Waals surface area contributed by atoms with Gasteiger partial charge in [0.15, 0.2) is 0 Å². The minimum absolute atomic E-state index is 0.0252. The third kappa shape index (κ3) is 3.23. The number of aliphatic hydroxyl groups excluding tert-OH is 1. The van der Waals surface area contributed by atoms with E-state index in [-0.39, 0.29) is 18.1 Å². The van der Waals surface area contributed by atoms with Crippen LogP contribution in [0.2, 0.25) is 0 Å². The van der Waals surface area contributed by atoms with Crippen LogP contribution in [0.3, 0.4) is 0 Å². The molecule has 0 spiro atoms. The minimum atomic E-state index is -0.334.